The van der Waals surface area contributed by atoms with Gasteiger partial charge in [-0.3, -0.25) is 4.68 Å². The number of hydrogen-bond donors (Lipinski definition) is 1. The van der Waals surface area contributed by atoms with Crippen molar-refractivity contribution < 1.29 is 0 Å². The highest BCUT2D eigenvalue weighted by Gasteiger charge is 2.11. The maximum absolute atomic E-state index is 6.08. The van der Waals surface area contributed by atoms with Crippen molar-refractivity contribution in [3.8, 4) is 0 Å². The Bertz CT molecular complexity index is 449. The van der Waals surface area contributed by atoms with Gasteiger partial charge in [-0.25, -0.2) is 0 Å². The fraction of sp³-hybridized carbons (Fsp3) is 0.300. The molecular formula is C10H12ClN3S. The van der Waals surface area contributed by atoms with Gasteiger partial charge in [-0.15, -0.1) is 11.3 Å². The van der Waals surface area contributed by atoms with Crippen LogP contribution in [0.1, 0.15) is 16.6 Å². The van der Waals surface area contributed by atoms with Crippen molar-refractivity contribution in [1.82, 2.24) is 9.78 Å². The monoisotopic (exact) mass is 241 g/mol. The molecule has 80 valence electrons. The van der Waals surface area contributed by atoms with Gasteiger partial charge >= 0.3 is 0 Å². The molecule has 2 heterocycles. The van der Waals surface area contributed by atoms with Gasteiger partial charge in [0.1, 0.15) is 0 Å². The summed E-state index contributed by atoms with van der Waals surface area (Å²) in [4.78, 5) is 1.20. The van der Waals surface area contributed by atoms with E-state index >= 15 is 0 Å². The minimum atomic E-state index is -0.0211. The molecule has 1 atom stereocenters. The van der Waals surface area contributed by atoms with Crippen LogP contribution in [0.5, 0.6) is 0 Å². The average molecular weight is 242 g/mol. The molecule has 5 heteroatoms. The van der Waals surface area contributed by atoms with E-state index in [1.807, 2.05) is 25.2 Å². The lowest BCUT2D eigenvalue weighted by molar-refractivity contribution is 0.620. The van der Waals surface area contributed by atoms with E-state index in [2.05, 4.69) is 5.10 Å². The molecule has 0 saturated carbocycles. The third-order valence-electron chi connectivity index (χ3n) is 2.29. The van der Waals surface area contributed by atoms with Crippen LogP contribution in [-0.4, -0.2) is 9.78 Å². The van der Waals surface area contributed by atoms with Crippen LogP contribution in [0.4, 0.5) is 0 Å². The van der Waals surface area contributed by atoms with Gasteiger partial charge in [0.25, 0.3) is 0 Å². The van der Waals surface area contributed by atoms with Crippen LogP contribution in [-0.2, 0) is 13.5 Å². The van der Waals surface area contributed by atoms with Crippen molar-refractivity contribution in [1.29, 1.82) is 0 Å². The molecular weight excluding hydrogens is 230 g/mol. The van der Waals surface area contributed by atoms with Crippen LogP contribution >= 0.6 is 22.9 Å². The summed E-state index contributed by atoms with van der Waals surface area (Å²) < 4.78 is 2.61. The van der Waals surface area contributed by atoms with Crippen molar-refractivity contribution in [2.24, 2.45) is 12.8 Å². The van der Waals surface area contributed by atoms with E-state index in [1.54, 1.807) is 22.2 Å². The SMILES string of the molecule is Cn1nccc1C(N)Cc1ccc(Cl)s1. The van der Waals surface area contributed by atoms with Gasteiger partial charge in [-0.1, -0.05) is 11.6 Å². The lowest BCUT2D eigenvalue weighted by atomic mass is 10.1. The molecule has 2 N–H and O–H groups in total. The van der Waals surface area contributed by atoms with Gasteiger partial charge in [-0.2, -0.15) is 5.10 Å². The summed E-state index contributed by atoms with van der Waals surface area (Å²) in [5.41, 5.74) is 7.13. The van der Waals surface area contributed by atoms with E-state index in [-0.39, 0.29) is 6.04 Å². The van der Waals surface area contributed by atoms with E-state index in [9.17, 15) is 0 Å². The number of nitrogens with two attached hydrogens (primary N) is 1. The highest BCUT2D eigenvalue weighted by molar-refractivity contribution is 7.16. The molecule has 0 amide bonds. The highest BCUT2D eigenvalue weighted by Crippen LogP contribution is 2.25. The number of rotatable bonds is 3. The van der Waals surface area contributed by atoms with Gasteiger partial charge in [0, 0.05) is 24.5 Å². The van der Waals surface area contributed by atoms with Crippen molar-refractivity contribution >= 4 is 22.9 Å². The fourth-order valence-corrected chi connectivity index (χ4v) is 2.68. The van der Waals surface area contributed by atoms with Crippen molar-refractivity contribution in [2.45, 2.75) is 12.5 Å². The Morgan fingerprint density at radius 1 is 1.53 bits per heavy atom. The number of aromatic nitrogens is 2. The van der Waals surface area contributed by atoms with Crippen LogP contribution in [0.25, 0.3) is 0 Å². The lowest BCUT2D eigenvalue weighted by Gasteiger charge is -2.10. The molecule has 1 unspecified atom stereocenters. The summed E-state index contributed by atoms with van der Waals surface area (Å²) in [6.45, 7) is 0. The minimum Gasteiger partial charge on any atom is -0.322 e. The lowest BCUT2D eigenvalue weighted by Crippen LogP contribution is -2.16. The quantitative estimate of drug-likeness (QED) is 0.897. The summed E-state index contributed by atoms with van der Waals surface area (Å²) in [5.74, 6) is 0. The molecule has 2 aromatic heterocycles. The molecule has 3 nitrogen and oxygen atoms in total. The van der Waals surface area contributed by atoms with Gasteiger partial charge in [0.05, 0.1) is 16.1 Å². The molecule has 0 aliphatic rings. The third-order valence-corrected chi connectivity index (χ3v) is 3.54. The maximum atomic E-state index is 6.08. The Morgan fingerprint density at radius 3 is 2.87 bits per heavy atom. The molecule has 0 saturated heterocycles. The molecule has 0 fully saturated rings. The van der Waals surface area contributed by atoms with Crippen molar-refractivity contribution in [2.75, 3.05) is 0 Å². The Kier molecular flexibility index (Phi) is 3.09. The van der Waals surface area contributed by atoms with Gasteiger partial charge in [0.15, 0.2) is 0 Å². The molecule has 0 aromatic carbocycles. The molecule has 0 bridgehead atoms. The van der Waals surface area contributed by atoms with E-state index in [4.69, 9.17) is 17.3 Å². The molecule has 2 rings (SSSR count). The fourth-order valence-electron chi connectivity index (χ4n) is 1.53. The zero-order chi connectivity index (χ0) is 10.8. The minimum absolute atomic E-state index is 0.0211. The topological polar surface area (TPSA) is 43.8 Å². The number of thiophene rings is 1. The summed E-state index contributed by atoms with van der Waals surface area (Å²) in [7, 11) is 1.90. The molecule has 0 aliphatic heterocycles. The second-order valence-corrected chi connectivity index (χ2v) is 5.20. The van der Waals surface area contributed by atoms with Crippen LogP contribution in [0.3, 0.4) is 0 Å². The van der Waals surface area contributed by atoms with Crippen molar-refractivity contribution in [3.63, 3.8) is 0 Å². The summed E-state index contributed by atoms with van der Waals surface area (Å²) in [5, 5.41) is 4.10. The molecule has 15 heavy (non-hydrogen) atoms. The standard InChI is InChI=1S/C10H12ClN3S/c1-14-9(4-5-13-14)8(12)6-7-2-3-10(11)15-7/h2-5,8H,6,12H2,1H3. The first-order valence-corrected chi connectivity index (χ1v) is 5.84. The van der Waals surface area contributed by atoms with Gasteiger partial charge in [0.2, 0.25) is 0 Å². The van der Waals surface area contributed by atoms with E-state index in [0.29, 0.717) is 0 Å². The normalized spacial score (nSPS) is 13.0. The summed E-state index contributed by atoms with van der Waals surface area (Å²) >= 11 is 7.44. The largest absolute Gasteiger partial charge is 0.322 e. The van der Waals surface area contributed by atoms with Crippen LogP contribution in [0.2, 0.25) is 4.34 Å². The second kappa shape index (κ2) is 4.35. The number of hydrogen-bond acceptors (Lipinski definition) is 3. The molecule has 0 radical (unpaired) electrons. The predicted octanol–water partition coefficient (Wildman–Crippen LogP) is 2.38. The Labute approximate surface area is 97.5 Å². The molecule has 0 spiro atoms. The zero-order valence-corrected chi connectivity index (χ0v) is 9.92. The molecule has 0 aliphatic carbocycles. The Morgan fingerprint density at radius 2 is 2.33 bits per heavy atom. The van der Waals surface area contributed by atoms with Gasteiger partial charge in [-0.05, 0) is 18.2 Å². The van der Waals surface area contributed by atoms with Gasteiger partial charge < -0.3 is 5.73 Å². The smallest absolute Gasteiger partial charge is 0.0931 e. The van der Waals surface area contributed by atoms with Crippen LogP contribution < -0.4 is 5.73 Å². The number of nitrogens with zero attached hydrogens (tertiary/aromatic N) is 2. The Balaban J connectivity index is 2.10. The average Bonchev–Trinajstić information content (AvgIpc) is 2.75. The van der Waals surface area contributed by atoms with Crippen LogP contribution in [0, 0.1) is 0 Å². The third kappa shape index (κ3) is 2.40. The van der Waals surface area contributed by atoms with E-state index in [0.717, 1.165) is 16.5 Å². The van der Waals surface area contributed by atoms with Crippen LogP contribution in [0.15, 0.2) is 24.4 Å². The Hall–Kier alpha value is -0.840. The summed E-state index contributed by atoms with van der Waals surface area (Å²) in [6.07, 6.45) is 2.56. The number of aryl methyl sites for hydroxylation is 1. The first kappa shape index (κ1) is 10.7. The molecule has 2 aromatic rings. The van der Waals surface area contributed by atoms with E-state index in [1.165, 1.54) is 4.88 Å². The van der Waals surface area contributed by atoms with E-state index < -0.39 is 0 Å². The predicted molar refractivity (Wildman–Crippen MR) is 63.2 cm³/mol. The number of halogens is 1. The highest BCUT2D eigenvalue weighted by atomic mass is 35.5. The first-order chi connectivity index (χ1) is 7.16. The second-order valence-electron chi connectivity index (χ2n) is 3.40. The van der Waals surface area contributed by atoms with Crippen molar-refractivity contribution in [3.05, 3.63) is 39.3 Å². The first-order valence-electron chi connectivity index (χ1n) is 4.64. The maximum Gasteiger partial charge on any atom is 0.0931 e. The zero-order valence-electron chi connectivity index (χ0n) is 8.35. The summed E-state index contributed by atoms with van der Waals surface area (Å²) in [6, 6.07) is 5.84.